The van der Waals surface area contributed by atoms with Crippen molar-refractivity contribution in [3.63, 3.8) is 0 Å². The van der Waals surface area contributed by atoms with Gasteiger partial charge in [-0.2, -0.15) is 15.0 Å². The predicted octanol–water partition coefficient (Wildman–Crippen LogP) is 4.84. The lowest BCUT2D eigenvalue weighted by Gasteiger charge is -2.13. The molecule has 4 heteroatoms. The molecular formula is C24H24N4. The molecule has 0 aliphatic carbocycles. The smallest absolute Gasteiger partial charge is 0.117 e. The van der Waals surface area contributed by atoms with Gasteiger partial charge in [0.1, 0.15) is 11.4 Å². The van der Waals surface area contributed by atoms with Crippen LogP contribution in [0.1, 0.15) is 29.8 Å². The van der Waals surface area contributed by atoms with Crippen molar-refractivity contribution in [2.45, 2.75) is 26.1 Å². The van der Waals surface area contributed by atoms with Crippen LogP contribution < -0.4 is 5.32 Å². The minimum Gasteiger partial charge on any atom is -0.304 e. The van der Waals surface area contributed by atoms with Crippen LogP contribution in [0.5, 0.6) is 0 Å². The lowest BCUT2D eigenvalue weighted by Crippen LogP contribution is -2.19. The van der Waals surface area contributed by atoms with Crippen LogP contribution in [-0.2, 0) is 13.1 Å². The van der Waals surface area contributed by atoms with E-state index < -0.39 is 0 Å². The summed E-state index contributed by atoms with van der Waals surface area (Å²) in [4.78, 5) is 1.79. The van der Waals surface area contributed by atoms with Crippen LogP contribution in [0.25, 0.3) is 11.3 Å². The van der Waals surface area contributed by atoms with E-state index in [2.05, 4.69) is 60.8 Å². The molecule has 0 fully saturated rings. The highest BCUT2D eigenvalue weighted by molar-refractivity contribution is 5.60. The number of benzene rings is 3. The second-order valence-corrected chi connectivity index (χ2v) is 6.89. The number of nitrogens with one attached hydrogen (secondary N) is 1. The van der Waals surface area contributed by atoms with Crippen LogP contribution in [0.3, 0.4) is 0 Å². The second kappa shape index (κ2) is 8.63. The largest absolute Gasteiger partial charge is 0.304 e. The van der Waals surface area contributed by atoms with E-state index in [1.54, 1.807) is 4.80 Å². The Balaban J connectivity index is 1.57. The Morgan fingerprint density at radius 1 is 0.786 bits per heavy atom. The number of hydrogen-bond donors (Lipinski definition) is 1. The number of rotatable bonds is 7. The third-order valence-corrected chi connectivity index (χ3v) is 4.81. The predicted molar refractivity (Wildman–Crippen MR) is 113 cm³/mol. The Hall–Kier alpha value is -3.24. The third kappa shape index (κ3) is 4.35. The molecule has 0 saturated heterocycles. The SMILES string of the molecule is C[C@@H](NCc1nn(Cc2ccccc2)nc1-c1ccccc1)c1ccccc1. The van der Waals surface area contributed by atoms with E-state index in [9.17, 15) is 0 Å². The zero-order valence-corrected chi connectivity index (χ0v) is 16.0. The van der Waals surface area contributed by atoms with Crippen LogP contribution in [0.4, 0.5) is 0 Å². The first-order valence-corrected chi connectivity index (χ1v) is 9.61. The van der Waals surface area contributed by atoms with E-state index in [0.29, 0.717) is 13.1 Å². The zero-order valence-electron chi connectivity index (χ0n) is 16.0. The Kier molecular flexibility index (Phi) is 5.59. The minimum atomic E-state index is 0.240. The fourth-order valence-corrected chi connectivity index (χ4v) is 3.25. The van der Waals surface area contributed by atoms with Crippen molar-refractivity contribution >= 4 is 0 Å². The topological polar surface area (TPSA) is 42.7 Å². The average Bonchev–Trinajstić information content (AvgIpc) is 3.16. The summed E-state index contributed by atoms with van der Waals surface area (Å²) in [5.41, 5.74) is 5.44. The van der Waals surface area contributed by atoms with Crippen LogP contribution in [0.2, 0.25) is 0 Å². The van der Waals surface area contributed by atoms with Crippen molar-refractivity contribution in [3.8, 4) is 11.3 Å². The summed E-state index contributed by atoms with van der Waals surface area (Å²) in [7, 11) is 0. The average molecular weight is 368 g/mol. The maximum Gasteiger partial charge on any atom is 0.117 e. The Morgan fingerprint density at radius 3 is 2.07 bits per heavy atom. The fourth-order valence-electron chi connectivity index (χ4n) is 3.25. The Morgan fingerprint density at radius 2 is 1.39 bits per heavy atom. The molecule has 0 amide bonds. The van der Waals surface area contributed by atoms with Gasteiger partial charge in [-0.3, -0.25) is 0 Å². The molecule has 3 aromatic carbocycles. The van der Waals surface area contributed by atoms with E-state index in [-0.39, 0.29) is 6.04 Å². The van der Waals surface area contributed by atoms with E-state index in [1.807, 2.05) is 42.5 Å². The van der Waals surface area contributed by atoms with Gasteiger partial charge in [0.25, 0.3) is 0 Å². The summed E-state index contributed by atoms with van der Waals surface area (Å²) < 4.78 is 0. The molecule has 0 aliphatic rings. The molecule has 0 spiro atoms. The first-order valence-electron chi connectivity index (χ1n) is 9.61. The molecule has 0 radical (unpaired) electrons. The van der Waals surface area contributed by atoms with Gasteiger partial charge in [0.05, 0.1) is 6.54 Å². The van der Waals surface area contributed by atoms with Crippen molar-refractivity contribution < 1.29 is 0 Å². The molecule has 0 bridgehead atoms. The highest BCUT2D eigenvalue weighted by atomic mass is 15.5. The van der Waals surface area contributed by atoms with Crippen molar-refractivity contribution in [2.24, 2.45) is 0 Å². The van der Waals surface area contributed by atoms with E-state index in [0.717, 1.165) is 17.0 Å². The quantitative estimate of drug-likeness (QED) is 0.507. The molecule has 4 rings (SSSR count). The molecule has 28 heavy (non-hydrogen) atoms. The van der Waals surface area contributed by atoms with Crippen LogP contribution in [0.15, 0.2) is 91.0 Å². The molecule has 0 aliphatic heterocycles. The molecule has 4 aromatic rings. The van der Waals surface area contributed by atoms with Gasteiger partial charge >= 0.3 is 0 Å². The van der Waals surface area contributed by atoms with E-state index >= 15 is 0 Å². The highest BCUT2D eigenvalue weighted by Gasteiger charge is 2.14. The van der Waals surface area contributed by atoms with Crippen LogP contribution in [0, 0.1) is 0 Å². The summed E-state index contributed by atoms with van der Waals surface area (Å²) in [6.07, 6.45) is 0. The first-order chi connectivity index (χ1) is 13.8. The summed E-state index contributed by atoms with van der Waals surface area (Å²) in [5.74, 6) is 0. The van der Waals surface area contributed by atoms with Gasteiger partial charge in [-0.1, -0.05) is 91.0 Å². The molecule has 0 saturated carbocycles. The lowest BCUT2D eigenvalue weighted by atomic mass is 10.1. The van der Waals surface area contributed by atoms with Crippen LogP contribution >= 0.6 is 0 Å². The molecule has 4 nitrogen and oxygen atoms in total. The van der Waals surface area contributed by atoms with Crippen molar-refractivity contribution in [2.75, 3.05) is 0 Å². The summed E-state index contributed by atoms with van der Waals surface area (Å²) in [6, 6.07) is 31.3. The lowest BCUT2D eigenvalue weighted by molar-refractivity contribution is 0.547. The monoisotopic (exact) mass is 368 g/mol. The molecule has 0 unspecified atom stereocenters. The summed E-state index contributed by atoms with van der Waals surface area (Å²) >= 11 is 0. The van der Waals surface area contributed by atoms with Crippen LogP contribution in [-0.4, -0.2) is 15.0 Å². The molecule has 1 atom stereocenters. The van der Waals surface area contributed by atoms with Gasteiger partial charge in [0, 0.05) is 18.2 Å². The normalized spacial score (nSPS) is 12.0. The molecule has 140 valence electrons. The number of aromatic nitrogens is 3. The third-order valence-electron chi connectivity index (χ3n) is 4.81. The maximum absolute atomic E-state index is 4.79. The fraction of sp³-hybridized carbons (Fsp3) is 0.167. The van der Waals surface area contributed by atoms with Gasteiger partial charge < -0.3 is 5.32 Å². The maximum atomic E-state index is 4.79. The minimum absolute atomic E-state index is 0.240. The van der Waals surface area contributed by atoms with Gasteiger partial charge in [-0.05, 0) is 18.1 Å². The standard InChI is InChI=1S/C24H24N4/c1-19(21-13-7-3-8-14-21)25-17-23-24(22-15-9-4-10-16-22)27-28(26-23)18-20-11-5-2-6-12-20/h2-16,19,25H,17-18H2,1H3/t19-/m1/s1. The molecule has 1 heterocycles. The summed E-state index contributed by atoms with van der Waals surface area (Å²) in [5, 5.41) is 13.2. The van der Waals surface area contributed by atoms with Crippen molar-refractivity contribution in [1.29, 1.82) is 0 Å². The summed E-state index contributed by atoms with van der Waals surface area (Å²) in [6.45, 7) is 3.50. The zero-order chi connectivity index (χ0) is 19.2. The van der Waals surface area contributed by atoms with Gasteiger partial charge in [-0.25, -0.2) is 0 Å². The Labute approximate surface area is 165 Å². The van der Waals surface area contributed by atoms with Crippen molar-refractivity contribution in [3.05, 3.63) is 108 Å². The van der Waals surface area contributed by atoms with E-state index in [4.69, 9.17) is 10.2 Å². The van der Waals surface area contributed by atoms with Gasteiger partial charge in [0.15, 0.2) is 0 Å². The Bertz CT molecular complexity index is 995. The van der Waals surface area contributed by atoms with Gasteiger partial charge in [0.2, 0.25) is 0 Å². The highest BCUT2D eigenvalue weighted by Crippen LogP contribution is 2.21. The van der Waals surface area contributed by atoms with Crippen molar-refractivity contribution in [1.82, 2.24) is 20.3 Å². The number of hydrogen-bond acceptors (Lipinski definition) is 3. The van der Waals surface area contributed by atoms with E-state index in [1.165, 1.54) is 11.1 Å². The molecule has 1 N–H and O–H groups in total. The second-order valence-electron chi connectivity index (χ2n) is 6.89. The van der Waals surface area contributed by atoms with Gasteiger partial charge in [-0.15, -0.1) is 0 Å². The molecular weight excluding hydrogens is 344 g/mol. The first kappa shape index (κ1) is 18.1. The number of nitrogens with zero attached hydrogens (tertiary/aromatic N) is 3. The molecule has 1 aromatic heterocycles.